The molecular formula is C12H14BrN3. The van der Waals surface area contributed by atoms with Crippen LogP contribution in [0.3, 0.4) is 0 Å². The van der Waals surface area contributed by atoms with Gasteiger partial charge in [-0.2, -0.15) is 5.10 Å². The van der Waals surface area contributed by atoms with Crippen molar-refractivity contribution < 1.29 is 0 Å². The van der Waals surface area contributed by atoms with Crippen molar-refractivity contribution >= 4 is 15.9 Å². The first kappa shape index (κ1) is 11.3. The Kier molecular flexibility index (Phi) is 3.39. The molecule has 0 radical (unpaired) electrons. The molecule has 1 heterocycles. The van der Waals surface area contributed by atoms with Crippen molar-refractivity contribution in [3.8, 4) is 0 Å². The summed E-state index contributed by atoms with van der Waals surface area (Å²) in [5, 5.41) is 7.17. The molecule has 0 saturated heterocycles. The van der Waals surface area contributed by atoms with Crippen molar-refractivity contribution in [1.82, 2.24) is 15.2 Å². The summed E-state index contributed by atoms with van der Waals surface area (Å²) in [6.45, 7) is 4.18. The molecule has 84 valence electrons. The van der Waals surface area contributed by atoms with Crippen LogP contribution in [0.1, 0.15) is 37.0 Å². The number of nitrogens with one attached hydrogen (secondary N) is 1. The maximum Gasteiger partial charge on any atom is 0.153 e. The third-order valence-corrected chi connectivity index (χ3v) is 3.15. The van der Waals surface area contributed by atoms with E-state index in [-0.39, 0.29) is 0 Å². The van der Waals surface area contributed by atoms with Gasteiger partial charge in [0.05, 0.1) is 0 Å². The zero-order chi connectivity index (χ0) is 11.5. The van der Waals surface area contributed by atoms with Gasteiger partial charge in [-0.05, 0) is 11.6 Å². The highest BCUT2D eigenvalue weighted by Gasteiger charge is 2.08. The van der Waals surface area contributed by atoms with E-state index in [0.717, 1.165) is 22.5 Å². The molecule has 0 spiro atoms. The monoisotopic (exact) mass is 279 g/mol. The molecule has 0 aliphatic heterocycles. The van der Waals surface area contributed by atoms with Crippen molar-refractivity contribution in [3.05, 3.63) is 46.0 Å². The van der Waals surface area contributed by atoms with Gasteiger partial charge in [-0.1, -0.05) is 48.0 Å². The maximum atomic E-state index is 4.46. The van der Waals surface area contributed by atoms with Gasteiger partial charge in [0.15, 0.2) is 5.82 Å². The van der Waals surface area contributed by atoms with Crippen LogP contribution >= 0.6 is 15.9 Å². The second-order valence-corrected chi connectivity index (χ2v) is 4.92. The number of aromatic nitrogens is 3. The van der Waals surface area contributed by atoms with Crippen molar-refractivity contribution in [2.75, 3.05) is 0 Å². The predicted octanol–water partition coefficient (Wildman–Crippen LogP) is 3.28. The van der Waals surface area contributed by atoms with E-state index in [1.165, 1.54) is 5.56 Å². The topological polar surface area (TPSA) is 41.6 Å². The summed E-state index contributed by atoms with van der Waals surface area (Å²) in [5.41, 5.74) is 1.22. The van der Waals surface area contributed by atoms with Crippen LogP contribution in [0.4, 0.5) is 0 Å². The molecule has 0 bridgehead atoms. The van der Waals surface area contributed by atoms with E-state index in [9.17, 15) is 0 Å². The number of H-pyrrole nitrogens is 1. The van der Waals surface area contributed by atoms with E-state index < -0.39 is 0 Å². The van der Waals surface area contributed by atoms with Crippen LogP contribution in [-0.2, 0) is 6.42 Å². The van der Waals surface area contributed by atoms with Gasteiger partial charge in [-0.15, -0.1) is 0 Å². The molecule has 1 N–H and O–H groups in total. The Hall–Kier alpha value is -1.16. The molecule has 1 aromatic carbocycles. The second-order valence-electron chi connectivity index (χ2n) is 4.06. The number of halogens is 1. The Balaban J connectivity index is 2.18. The Morgan fingerprint density at radius 3 is 2.69 bits per heavy atom. The van der Waals surface area contributed by atoms with Gasteiger partial charge in [-0.25, -0.2) is 4.98 Å². The number of hydrogen-bond donors (Lipinski definition) is 1. The normalized spacial score (nSPS) is 11.0. The minimum atomic E-state index is 0.365. The van der Waals surface area contributed by atoms with Gasteiger partial charge >= 0.3 is 0 Å². The molecule has 0 saturated carbocycles. The molecule has 0 aliphatic carbocycles. The summed E-state index contributed by atoms with van der Waals surface area (Å²) in [4.78, 5) is 4.46. The van der Waals surface area contributed by atoms with Gasteiger partial charge in [-0.3, -0.25) is 5.10 Å². The Labute approximate surface area is 103 Å². The highest BCUT2D eigenvalue weighted by molar-refractivity contribution is 9.10. The summed E-state index contributed by atoms with van der Waals surface area (Å²) in [7, 11) is 0. The fraction of sp³-hybridized carbons (Fsp3) is 0.333. The minimum absolute atomic E-state index is 0.365. The lowest BCUT2D eigenvalue weighted by Gasteiger charge is -2.00. The number of benzene rings is 1. The summed E-state index contributed by atoms with van der Waals surface area (Å²) < 4.78 is 1.11. The molecule has 2 rings (SSSR count). The van der Waals surface area contributed by atoms with Crippen molar-refractivity contribution in [1.29, 1.82) is 0 Å². The fourth-order valence-electron chi connectivity index (χ4n) is 1.47. The van der Waals surface area contributed by atoms with Crippen molar-refractivity contribution in [2.45, 2.75) is 26.2 Å². The zero-order valence-corrected chi connectivity index (χ0v) is 11.0. The number of hydrogen-bond acceptors (Lipinski definition) is 2. The number of aromatic amines is 1. The highest BCUT2D eigenvalue weighted by atomic mass is 79.9. The van der Waals surface area contributed by atoms with Crippen LogP contribution in [0.25, 0.3) is 0 Å². The average Bonchev–Trinajstić information content (AvgIpc) is 2.70. The van der Waals surface area contributed by atoms with Crippen molar-refractivity contribution in [3.63, 3.8) is 0 Å². The van der Waals surface area contributed by atoms with Gasteiger partial charge in [0.2, 0.25) is 0 Å². The average molecular weight is 280 g/mol. The molecular weight excluding hydrogens is 266 g/mol. The van der Waals surface area contributed by atoms with Crippen LogP contribution in [0.15, 0.2) is 28.7 Å². The number of nitrogens with zero attached hydrogens (tertiary/aromatic N) is 2. The smallest absolute Gasteiger partial charge is 0.153 e. The third-order valence-electron chi connectivity index (χ3n) is 2.38. The van der Waals surface area contributed by atoms with Gasteiger partial charge in [0, 0.05) is 16.8 Å². The highest BCUT2D eigenvalue weighted by Crippen LogP contribution is 2.18. The molecule has 2 aromatic rings. The first-order valence-corrected chi connectivity index (χ1v) is 6.10. The van der Waals surface area contributed by atoms with E-state index >= 15 is 0 Å². The summed E-state index contributed by atoms with van der Waals surface area (Å²) in [5.74, 6) is 2.15. The van der Waals surface area contributed by atoms with Crippen LogP contribution in [0.5, 0.6) is 0 Å². The molecule has 3 nitrogen and oxygen atoms in total. The molecule has 0 amide bonds. The van der Waals surface area contributed by atoms with Gasteiger partial charge in [0.1, 0.15) is 5.82 Å². The molecule has 1 aromatic heterocycles. The van der Waals surface area contributed by atoms with Gasteiger partial charge in [0.25, 0.3) is 0 Å². The quantitative estimate of drug-likeness (QED) is 0.937. The van der Waals surface area contributed by atoms with E-state index in [1.807, 2.05) is 18.2 Å². The lowest BCUT2D eigenvalue weighted by atomic mass is 10.1. The van der Waals surface area contributed by atoms with E-state index in [1.54, 1.807) is 0 Å². The number of rotatable bonds is 3. The molecule has 0 unspecified atom stereocenters. The zero-order valence-electron chi connectivity index (χ0n) is 9.37. The first-order valence-electron chi connectivity index (χ1n) is 5.31. The fourth-order valence-corrected chi connectivity index (χ4v) is 1.89. The lowest BCUT2D eigenvalue weighted by molar-refractivity contribution is 0.780. The second kappa shape index (κ2) is 4.78. The van der Waals surface area contributed by atoms with Crippen LogP contribution in [0.2, 0.25) is 0 Å². The predicted molar refractivity (Wildman–Crippen MR) is 67.4 cm³/mol. The molecule has 0 atom stereocenters. The van der Waals surface area contributed by atoms with Crippen LogP contribution in [0, 0.1) is 0 Å². The minimum Gasteiger partial charge on any atom is -0.263 e. The van der Waals surface area contributed by atoms with E-state index in [0.29, 0.717) is 5.92 Å². The summed E-state index contributed by atoms with van der Waals surface area (Å²) in [6, 6.07) is 8.16. The summed E-state index contributed by atoms with van der Waals surface area (Å²) in [6.07, 6.45) is 0.779. The summed E-state index contributed by atoms with van der Waals surface area (Å²) >= 11 is 3.53. The first-order chi connectivity index (χ1) is 7.66. The molecule has 0 fully saturated rings. The van der Waals surface area contributed by atoms with Crippen LogP contribution in [-0.4, -0.2) is 15.2 Å². The lowest BCUT2D eigenvalue weighted by Crippen LogP contribution is -1.93. The SMILES string of the molecule is CC(C)c1n[nH]c(Cc2ccccc2Br)n1. The Morgan fingerprint density at radius 1 is 1.31 bits per heavy atom. The van der Waals surface area contributed by atoms with E-state index in [2.05, 4.69) is 51.0 Å². The standard InChI is InChI=1S/C12H14BrN3/c1-8(2)12-14-11(15-16-12)7-9-5-3-4-6-10(9)13/h3-6,8H,7H2,1-2H3,(H,14,15,16). The van der Waals surface area contributed by atoms with Crippen molar-refractivity contribution in [2.24, 2.45) is 0 Å². The third kappa shape index (κ3) is 2.50. The Morgan fingerprint density at radius 2 is 2.06 bits per heavy atom. The molecule has 0 aliphatic rings. The van der Waals surface area contributed by atoms with E-state index in [4.69, 9.17) is 0 Å². The van der Waals surface area contributed by atoms with Gasteiger partial charge < -0.3 is 0 Å². The maximum absolute atomic E-state index is 4.46. The van der Waals surface area contributed by atoms with Crippen LogP contribution < -0.4 is 0 Å². The molecule has 16 heavy (non-hydrogen) atoms. The largest absolute Gasteiger partial charge is 0.263 e. The molecule has 4 heteroatoms. The Bertz CT molecular complexity index is 477.